The van der Waals surface area contributed by atoms with Crippen molar-refractivity contribution in [3.63, 3.8) is 0 Å². The highest BCUT2D eigenvalue weighted by Gasteiger charge is 2.46. The van der Waals surface area contributed by atoms with Crippen molar-refractivity contribution < 1.29 is 14.2 Å². The average Bonchev–Trinajstić information content (AvgIpc) is 2.64. The van der Waals surface area contributed by atoms with Gasteiger partial charge in [-0.3, -0.25) is 5.41 Å². The van der Waals surface area contributed by atoms with Crippen molar-refractivity contribution in [1.29, 1.82) is 5.41 Å². The molecule has 0 amide bonds. The zero-order chi connectivity index (χ0) is 13.2. The lowest BCUT2D eigenvalue weighted by Gasteiger charge is -2.30. The fraction of sp³-hybridized carbons (Fsp3) is 0.462. The van der Waals surface area contributed by atoms with Gasteiger partial charge in [0.1, 0.15) is 11.6 Å². The molecule has 2 N–H and O–H groups in total. The highest BCUT2D eigenvalue weighted by molar-refractivity contribution is 6.02. The summed E-state index contributed by atoms with van der Waals surface area (Å²) in [5, 5.41) is 11.0. The second kappa shape index (κ2) is 4.96. The van der Waals surface area contributed by atoms with Crippen molar-refractivity contribution in [2.24, 2.45) is 0 Å². The molecule has 1 aliphatic rings. The molecule has 0 unspecified atom stereocenters. The lowest BCUT2D eigenvalue weighted by atomic mass is 10.1. The molecule has 0 saturated carbocycles. The van der Waals surface area contributed by atoms with Crippen LogP contribution in [-0.2, 0) is 15.4 Å². The fourth-order valence-corrected chi connectivity index (χ4v) is 2.21. The Morgan fingerprint density at radius 3 is 2.44 bits per heavy atom. The van der Waals surface area contributed by atoms with Crippen molar-refractivity contribution >= 4 is 5.84 Å². The smallest absolute Gasteiger partial charge is 0.283 e. The molecule has 0 aromatic heterocycles. The van der Waals surface area contributed by atoms with E-state index in [-0.39, 0.29) is 5.84 Å². The van der Waals surface area contributed by atoms with Gasteiger partial charge in [-0.25, -0.2) is 0 Å². The van der Waals surface area contributed by atoms with Gasteiger partial charge in [-0.2, -0.15) is 0 Å². The number of hydrogen-bond donors (Lipinski definition) is 2. The van der Waals surface area contributed by atoms with E-state index in [0.717, 1.165) is 11.1 Å². The third-order valence-electron chi connectivity index (χ3n) is 2.83. The highest BCUT2D eigenvalue weighted by atomic mass is 16.7. The third-order valence-corrected chi connectivity index (χ3v) is 2.83. The molecule has 2 rings (SSSR count). The van der Waals surface area contributed by atoms with Gasteiger partial charge in [-0.05, 0) is 19.9 Å². The predicted octanol–water partition coefficient (Wildman–Crippen LogP) is 1.81. The van der Waals surface area contributed by atoms with E-state index in [2.05, 4.69) is 5.32 Å². The van der Waals surface area contributed by atoms with Gasteiger partial charge in [0.15, 0.2) is 0 Å². The maximum Gasteiger partial charge on any atom is 0.283 e. The van der Waals surface area contributed by atoms with E-state index in [0.29, 0.717) is 19.0 Å². The van der Waals surface area contributed by atoms with Gasteiger partial charge >= 0.3 is 0 Å². The van der Waals surface area contributed by atoms with Crippen LogP contribution in [0, 0.1) is 5.41 Å². The Bertz CT molecular complexity index is 454. The molecular weight excluding hydrogens is 232 g/mol. The lowest BCUT2D eigenvalue weighted by Crippen LogP contribution is -2.44. The van der Waals surface area contributed by atoms with E-state index in [1.807, 2.05) is 32.0 Å². The summed E-state index contributed by atoms with van der Waals surface area (Å²) < 4.78 is 16.8. The van der Waals surface area contributed by atoms with Gasteiger partial charge in [0.25, 0.3) is 5.91 Å². The Balaban J connectivity index is 2.57. The van der Waals surface area contributed by atoms with Gasteiger partial charge in [0.2, 0.25) is 0 Å². The Morgan fingerprint density at radius 2 is 1.89 bits per heavy atom. The molecule has 0 radical (unpaired) electrons. The monoisotopic (exact) mass is 250 g/mol. The first-order chi connectivity index (χ1) is 8.68. The molecule has 0 saturated heterocycles. The van der Waals surface area contributed by atoms with Gasteiger partial charge in [0, 0.05) is 18.8 Å². The molecule has 5 nitrogen and oxygen atoms in total. The number of nitrogens with one attached hydrogen (secondary N) is 2. The van der Waals surface area contributed by atoms with Crippen molar-refractivity contribution in [1.82, 2.24) is 5.32 Å². The summed E-state index contributed by atoms with van der Waals surface area (Å²) >= 11 is 0. The van der Waals surface area contributed by atoms with Crippen LogP contribution in [0.15, 0.2) is 18.2 Å². The summed E-state index contributed by atoms with van der Waals surface area (Å²) in [6.07, 6.45) is 0. The Labute approximate surface area is 107 Å². The standard InChI is InChI=1S/C13H18N2O3/c1-4-17-13(18-5-2)11-9(12(14)15-13)7-6-8-10(11)16-3/h6-8H,4-5H2,1-3H3,(H2,14,15). The summed E-state index contributed by atoms with van der Waals surface area (Å²) in [6, 6.07) is 5.54. The molecule has 0 fully saturated rings. The van der Waals surface area contributed by atoms with Crippen LogP contribution in [-0.4, -0.2) is 26.2 Å². The minimum absolute atomic E-state index is 0.283. The molecule has 0 spiro atoms. The summed E-state index contributed by atoms with van der Waals surface area (Å²) in [6.45, 7) is 4.72. The van der Waals surface area contributed by atoms with Crippen molar-refractivity contribution in [3.05, 3.63) is 29.3 Å². The van der Waals surface area contributed by atoms with E-state index in [9.17, 15) is 0 Å². The molecule has 5 heteroatoms. The van der Waals surface area contributed by atoms with Crippen LogP contribution in [0.4, 0.5) is 0 Å². The van der Waals surface area contributed by atoms with E-state index >= 15 is 0 Å². The molecule has 1 heterocycles. The first kappa shape index (κ1) is 12.9. The number of hydrogen-bond acceptors (Lipinski definition) is 4. The number of methoxy groups -OCH3 is 1. The number of fused-ring (bicyclic) bond motifs is 1. The summed E-state index contributed by atoms with van der Waals surface area (Å²) in [5.74, 6) is -0.169. The number of benzene rings is 1. The molecule has 0 aliphatic carbocycles. The van der Waals surface area contributed by atoms with Crippen molar-refractivity contribution in [2.75, 3.05) is 20.3 Å². The van der Waals surface area contributed by atoms with Gasteiger partial charge in [0.05, 0.1) is 12.7 Å². The zero-order valence-corrected chi connectivity index (χ0v) is 10.9. The molecule has 0 atom stereocenters. The second-order valence-corrected chi connectivity index (χ2v) is 3.87. The van der Waals surface area contributed by atoms with Crippen LogP contribution >= 0.6 is 0 Å². The molecule has 1 aromatic carbocycles. The maximum absolute atomic E-state index is 7.99. The van der Waals surface area contributed by atoms with E-state index in [1.165, 1.54) is 0 Å². The van der Waals surface area contributed by atoms with Gasteiger partial charge < -0.3 is 19.5 Å². The number of rotatable bonds is 5. The minimum atomic E-state index is -1.11. The van der Waals surface area contributed by atoms with Crippen LogP contribution in [0.1, 0.15) is 25.0 Å². The van der Waals surface area contributed by atoms with E-state index in [1.54, 1.807) is 7.11 Å². The van der Waals surface area contributed by atoms with Crippen LogP contribution < -0.4 is 10.1 Å². The largest absolute Gasteiger partial charge is 0.496 e. The normalized spacial score (nSPS) is 16.3. The molecule has 18 heavy (non-hydrogen) atoms. The Morgan fingerprint density at radius 1 is 1.22 bits per heavy atom. The van der Waals surface area contributed by atoms with Crippen LogP contribution in [0.5, 0.6) is 5.75 Å². The van der Waals surface area contributed by atoms with Crippen LogP contribution in [0.3, 0.4) is 0 Å². The van der Waals surface area contributed by atoms with Crippen molar-refractivity contribution in [2.45, 2.75) is 19.8 Å². The summed E-state index contributed by atoms with van der Waals surface area (Å²) in [7, 11) is 1.60. The van der Waals surface area contributed by atoms with Gasteiger partial charge in [-0.15, -0.1) is 0 Å². The third kappa shape index (κ3) is 1.85. The molecule has 1 aliphatic heterocycles. The summed E-state index contributed by atoms with van der Waals surface area (Å²) in [5.41, 5.74) is 1.48. The first-order valence-corrected chi connectivity index (χ1v) is 6.01. The lowest BCUT2D eigenvalue weighted by molar-refractivity contribution is -0.250. The zero-order valence-electron chi connectivity index (χ0n) is 10.9. The predicted molar refractivity (Wildman–Crippen MR) is 67.9 cm³/mol. The molecule has 98 valence electrons. The minimum Gasteiger partial charge on any atom is -0.496 e. The summed E-state index contributed by atoms with van der Waals surface area (Å²) in [4.78, 5) is 0. The van der Waals surface area contributed by atoms with Crippen LogP contribution in [0.25, 0.3) is 0 Å². The topological polar surface area (TPSA) is 63.6 Å². The molecular formula is C13H18N2O3. The average molecular weight is 250 g/mol. The molecule has 1 aromatic rings. The van der Waals surface area contributed by atoms with Gasteiger partial charge in [-0.1, -0.05) is 12.1 Å². The van der Waals surface area contributed by atoms with Crippen LogP contribution in [0.2, 0.25) is 0 Å². The quantitative estimate of drug-likeness (QED) is 0.782. The maximum atomic E-state index is 7.99. The van der Waals surface area contributed by atoms with E-state index in [4.69, 9.17) is 19.6 Å². The fourth-order valence-electron chi connectivity index (χ4n) is 2.21. The number of amidine groups is 1. The number of ether oxygens (including phenoxy) is 3. The molecule has 0 bridgehead atoms. The van der Waals surface area contributed by atoms with E-state index < -0.39 is 5.91 Å². The van der Waals surface area contributed by atoms with Crippen molar-refractivity contribution in [3.8, 4) is 5.75 Å². The Hall–Kier alpha value is -1.59. The first-order valence-electron chi connectivity index (χ1n) is 6.01. The highest BCUT2D eigenvalue weighted by Crippen LogP contribution is 2.39. The SMILES string of the molecule is CCOC1(OCC)NC(=N)c2cccc(OC)c21. The Kier molecular flexibility index (Phi) is 3.54. The second-order valence-electron chi connectivity index (χ2n) is 3.87.